The number of aromatic nitrogens is 1. The first-order valence-corrected chi connectivity index (χ1v) is 6.96. The van der Waals surface area contributed by atoms with Crippen molar-refractivity contribution in [3.05, 3.63) is 29.6 Å². The Hall–Kier alpha value is -1.46. The maximum atomic E-state index is 11.9. The molecule has 1 aliphatic carbocycles. The van der Waals surface area contributed by atoms with Crippen molar-refractivity contribution in [1.29, 1.82) is 0 Å². The Labute approximate surface area is 117 Å². The summed E-state index contributed by atoms with van der Waals surface area (Å²) in [7, 11) is 0. The van der Waals surface area contributed by atoms with Crippen molar-refractivity contribution < 1.29 is 19.4 Å². The van der Waals surface area contributed by atoms with Crippen LogP contribution in [0.4, 0.5) is 0 Å². The first-order chi connectivity index (χ1) is 9.49. The van der Waals surface area contributed by atoms with Crippen LogP contribution in [0, 0.1) is 0 Å². The van der Waals surface area contributed by atoms with Crippen molar-refractivity contribution in [2.24, 2.45) is 0 Å². The number of pyridine rings is 1. The second-order valence-electron chi connectivity index (χ2n) is 5.94. The zero-order valence-corrected chi connectivity index (χ0v) is 11.8. The topological polar surface area (TPSA) is 68.7 Å². The summed E-state index contributed by atoms with van der Waals surface area (Å²) in [5.74, 6) is -1.32. The van der Waals surface area contributed by atoms with Crippen LogP contribution in [-0.4, -0.2) is 35.1 Å². The van der Waals surface area contributed by atoms with Gasteiger partial charge in [0.05, 0.1) is 18.9 Å². The van der Waals surface area contributed by atoms with Gasteiger partial charge in [0.2, 0.25) is 0 Å². The number of ether oxygens (including phenoxy) is 2. The minimum absolute atomic E-state index is 0.233. The monoisotopic (exact) mass is 277 g/mol. The van der Waals surface area contributed by atoms with Crippen molar-refractivity contribution in [3.63, 3.8) is 0 Å². The lowest BCUT2D eigenvalue weighted by Crippen LogP contribution is -2.60. The van der Waals surface area contributed by atoms with Gasteiger partial charge >= 0.3 is 5.97 Å². The molecule has 1 aromatic rings. The normalized spacial score (nSPS) is 22.9. The Morgan fingerprint density at radius 1 is 1.35 bits per heavy atom. The van der Waals surface area contributed by atoms with Crippen molar-refractivity contribution in [1.82, 2.24) is 4.98 Å². The predicted molar refractivity (Wildman–Crippen MR) is 71.5 cm³/mol. The minimum atomic E-state index is -0.981. The molecular formula is C15H19NO4. The third-order valence-corrected chi connectivity index (χ3v) is 4.28. The van der Waals surface area contributed by atoms with Crippen LogP contribution in [-0.2, 0) is 19.7 Å². The predicted octanol–water partition coefficient (Wildman–Crippen LogP) is 2.06. The maximum Gasteiger partial charge on any atom is 0.316 e. The second-order valence-corrected chi connectivity index (χ2v) is 5.94. The van der Waals surface area contributed by atoms with Crippen molar-refractivity contribution >= 4 is 5.97 Å². The molecule has 0 unspecified atom stereocenters. The van der Waals surface area contributed by atoms with Crippen LogP contribution >= 0.6 is 0 Å². The van der Waals surface area contributed by atoms with Crippen LogP contribution in [0.25, 0.3) is 0 Å². The first-order valence-electron chi connectivity index (χ1n) is 6.96. The molecule has 1 saturated carbocycles. The molecule has 2 heterocycles. The molecule has 1 saturated heterocycles. The highest BCUT2D eigenvalue weighted by atomic mass is 16.7. The van der Waals surface area contributed by atoms with E-state index in [0.29, 0.717) is 31.7 Å². The van der Waals surface area contributed by atoms with Crippen LogP contribution in [0.3, 0.4) is 0 Å². The van der Waals surface area contributed by atoms with E-state index in [1.54, 1.807) is 6.20 Å². The number of carboxylic acid groups (broad SMARTS) is 1. The second kappa shape index (κ2) is 4.53. The highest BCUT2D eigenvalue weighted by Crippen LogP contribution is 2.55. The van der Waals surface area contributed by atoms with Crippen molar-refractivity contribution in [3.8, 4) is 0 Å². The average Bonchev–Trinajstić information content (AvgIpc) is 2.85. The van der Waals surface area contributed by atoms with E-state index in [9.17, 15) is 9.90 Å². The van der Waals surface area contributed by atoms with Gasteiger partial charge in [-0.25, -0.2) is 0 Å². The molecule has 2 aliphatic rings. The zero-order chi connectivity index (χ0) is 14.4. The molecule has 1 N–H and O–H groups in total. The van der Waals surface area contributed by atoms with Gasteiger partial charge in [-0.2, -0.15) is 0 Å². The van der Waals surface area contributed by atoms with Crippen LogP contribution in [0.5, 0.6) is 0 Å². The minimum Gasteiger partial charge on any atom is -0.481 e. The molecule has 5 nitrogen and oxygen atoms in total. The van der Waals surface area contributed by atoms with Gasteiger partial charge in [-0.15, -0.1) is 0 Å². The Kier molecular flexibility index (Phi) is 3.06. The summed E-state index contributed by atoms with van der Waals surface area (Å²) in [6, 6.07) is 3.81. The fourth-order valence-electron chi connectivity index (χ4n) is 3.27. The number of carbonyl (C=O) groups is 1. The third-order valence-electron chi connectivity index (χ3n) is 4.28. The molecule has 108 valence electrons. The van der Waals surface area contributed by atoms with Crippen molar-refractivity contribution in [2.75, 3.05) is 13.2 Å². The fraction of sp³-hybridized carbons (Fsp3) is 0.600. The molecule has 0 atom stereocenters. The standard InChI is InChI=1S/C15H19NO4/c1-10(2)11-4-3-5-16-12(11)14(13(17)18)8-15(9-14)19-6-7-20-15/h3-5,10H,6-9H2,1-2H3,(H,17,18). The molecule has 5 heteroatoms. The van der Waals surface area contributed by atoms with Crippen LogP contribution < -0.4 is 0 Å². The summed E-state index contributed by atoms with van der Waals surface area (Å²) in [5.41, 5.74) is 0.667. The lowest BCUT2D eigenvalue weighted by Gasteiger charge is -2.50. The maximum absolute atomic E-state index is 11.9. The van der Waals surface area contributed by atoms with Crippen LogP contribution in [0.1, 0.15) is 43.9 Å². The Morgan fingerprint density at radius 2 is 2.00 bits per heavy atom. The Morgan fingerprint density at radius 3 is 2.55 bits per heavy atom. The number of aliphatic carboxylic acids is 1. The van der Waals surface area contributed by atoms with Gasteiger partial charge in [0, 0.05) is 19.0 Å². The molecule has 1 aliphatic heterocycles. The van der Waals surface area contributed by atoms with Crippen LogP contribution in [0.2, 0.25) is 0 Å². The molecule has 20 heavy (non-hydrogen) atoms. The number of rotatable bonds is 3. The lowest BCUT2D eigenvalue weighted by molar-refractivity contribution is -0.243. The fourth-order valence-corrected chi connectivity index (χ4v) is 3.27. The SMILES string of the molecule is CC(C)c1cccnc1C1(C(=O)O)CC2(C1)OCCO2. The zero-order valence-electron chi connectivity index (χ0n) is 11.8. The number of hydrogen-bond donors (Lipinski definition) is 1. The molecule has 1 aromatic heterocycles. The summed E-state index contributed by atoms with van der Waals surface area (Å²) in [6.07, 6.45) is 2.34. The summed E-state index contributed by atoms with van der Waals surface area (Å²) in [4.78, 5) is 16.2. The molecule has 1 spiro atoms. The van der Waals surface area contributed by atoms with E-state index in [1.807, 2.05) is 26.0 Å². The highest BCUT2D eigenvalue weighted by Gasteiger charge is 2.64. The molecule has 0 radical (unpaired) electrons. The number of carboxylic acids is 1. The third kappa shape index (κ3) is 1.84. The van der Waals surface area contributed by atoms with Gasteiger partial charge in [0.1, 0.15) is 5.41 Å². The van der Waals surface area contributed by atoms with Crippen LogP contribution in [0.15, 0.2) is 18.3 Å². The largest absolute Gasteiger partial charge is 0.481 e. The summed E-state index contributed by atoms with van der Waals surface area (Å²) in [6.45, 7) is 5.17. The van der Waals surface area contributed by atoms with Gasteiger partial charge in [-0.3, -0.25) is 9.78 Å². The molecule has 3 rings (SSSR count). The van der Waals surface area contributed by atoms with E-state index >= 15 is 0 Å². The molecule has 2 fully saturated rings. The number of hydrogen-bond acceptors (Lipinski definition) is 4. The molecular weight excluding hydrogens is 258 g/mol. The molecule has 0 bridgehead atoms. The summed E-state index contributed by atoms with van der Waals surface area (Å²) >= 11 is 0. The van der Waals surface area contributed by atoms with E-state index < -0.39 is 17.2 Å². The molecule has 0 aromatic carbocycles. The average molecular weight is 277 g/mol. The lowest BCUT2D eigenvalue weighted by atomic mass is 9.61. The van der Waals surface area contributed by atoms with E-state index in [4.69, 9.17) is 9.47 Å². The Bertz CT molecular complexity index is 526. The van der Waals surface area contributed by atoms with Gasteiger partial charge in [0.25, 0.3) is 0 Å². The quantitative estimate of drug-likeness (QED) is 0.916. The van der Waals surface area contributed by atoms with Gasteiger partial charge in [-0.05, 0) is 17.5 Å². The number of nitrogens with zero attached hydrogens (tertiary/aromatic N) is 1. The first kappa shape index (κ1) is 13.5. The summed E-state index contributed by atoms with van der Waals surface area (Å²) < 4.78 is 11.2. The van der Waals surface area contributed by atoms with E-state index in [-0.39, 0.29) is 5.92 Å². The van der Waals surface area contributed by atoms with Gasteiger partial charge in [-0.1, -0.05) is 19.9 Å². The van der Waals surface area contributed by atoms with E-state index in [1.165, 1.54) is 0 Å². The van der Waals surface area contributed by atoms with E-state index in [0.717, 1.165) is 5.56 Å². The smallest absolute Gasteiger partial charge is 0.316 e. The van der Waals surface area contributed by atoms with E-state index in [2.05, 4.69) is 4.98 Å². The summed E-state index contributed by atoms with van der Waals surface area (Å²) in [5, 5.41) is 9.74. The highest BCUT2D eigenvalue weighted by molar-refractivity contribution is 5.83. The van der Waals surface area contributed by atoms with Gasteiger partial charge < -0.3 is 14.6 Å². The Balaban J connectivity index is 1.99. The van der Waals surface area contributed by atoms with Crippen molar-refractivity contribution in [2.45, 2.75) is 43.8 Å². The molecule has 0 amide bonds. The van der Waals surface area contributed by atoms with Gasteiger partial charge in [0.15, 0.2) is 5.79 Å².